The van der Waals surface area contributed by atoms with E-state index >= 15 is 0 Å². The topological polar surface area (TPSA) is 64.6 Å². The lowest BCUT2D eigenvalue weighted by Crippen LogP contribution is -2.21. The summed E-state index contributed by atoms with van der Waals surface area (Å²) in [5.74, 6) is -0.124. The van der Waals surface area contributed by atoms with Crippen molar-refractivity contribution in [2.75, 3.05) is 18.5 Å². The van der Waals surface area contributed by atoms with Crippen molar-refractivity contribution in [2.24, 2.45) is 0 Å². The lowest BCUT2D eigenvalue weighted by Gasteiger charge is -2.08. The number of hydrogen-bond acceptors (Lipinski definition) is 5. The summed E-state index contributed by atoms with van der Waals surface area (Å²) in [5.41, 5.74) is 1.25. The summed E-state index contributed by atoms with van der Waals surface area (Å²) in [7, 11) is 0. The summed E-state index contributed by atoms with van der Waals surface area (Å²) < 4.78 is 10.5. The second kappa shape index (κ2) is 7.78. The first-order chi connectivity index (χ1) is 11.0. The van der Waals surface area contributed by atoms with Gasteiger partial charge in [0, 0.05) is 4.88 Å². The Labute approximate surface area is 139 Å². The van der Waals surface area contributed by atoms with Gasteiger partial charge in [-0.25, -0.2) is 4.79 Å². The van der Waals surface area contributed by atoms with Gasteiger partial charge in [0.15, 0.2) is 6.61 Å². The van der Waals surface area contributed by atoms with Crippen molar-refractivity contribution in [1.29, 1.82) is 0 Å². The standard InChI is InChI=1S/C17H19NO4S/c1-4-21-17(20)15-11(2)12(3)23-16(15)18-14(19)10-22-13-8-6-5-7-9-13/h5-9H,4,10H2,1-3H3,(H,18,19). The molecule has 5 nitrogen and oxygen atoms in total. The number of rotatable bonds is 6. The molecule has 1 N–H and O–H groups in total. The van der Waals surface area contributed by atoms with Crippen LogP contribution < -0.4 is 10.1 Å². The van der Waals surface area contributed by atoms with Crippen LogP contribution in [0.1, 0.15) is 27.7 Å². The van der Waals surface area contributed by atoms with Crippen molar-refractivity contribution in [3.05, 3.63) is 46.3 Å². The smallest absolute Gasteiger partial charge is 0.341 e. The summed E-state index contributed by atoms with van der Waals surface area (Å²) in [5, 5.41) is 3.24. The van der Waals surface area contributed by atoms with E-state index in [-0.39, 0.29) is 19.1 Å². The summed E-state index contributed by atoms with van der Waals surface area (Å²) in [6.45, 7) is 5.66. The summed E-state index contributed by atoms with van der Waals surface area (Å²) in [4.78, 5) is 25.1. The molecule has 0 saturated carbocycles. The quantitative estimate of drug-likeness (QED) is 0.821. The molecule has 0 radical (unpaired) electrons. The third-order valence-corrected chi connectivity index (χ3v) is 4.35. The van der Waals surface area contributed by atoms with E-state index in [4.69, 9.17) is 9.47 Å². The SMILES string of the molecule is CCOC(=O)c1c(NC(=O)COc2ccccc2)sc(C)c1C. The Kier molecular flexibility index (Phi) is 5.76. The Bertz CT molecular complexity index is 694. The van der Waals surface area contributed by atoms with Crippen LogP contribution in [0, 0.1) is 13.8 Å². The Balaban J connectivity index is 2.06. The number of para-hydroxylation sites is 1. The lowest BCUT2D eigenvalue weighted by molar-refractivity contribution is -0.118. The highest BCUT2D eigenvalue weighted by Crippen LogP contribution is 2.33. The average Bonchev–Trinajstić information content (AvgIpc) is 2.81. The van der Waals surface area contributed by atoms with Gasteiger partial charge in [-0.1, -0.05) is 18.2 Å². The minimum Gasteiger partial charge on any atom is -0.484 e. The molecule has 1 aromatic heterocycles. The zero-order valence-electron chi connectivity index (χ0n) is 13.3. The molecule has 0 aliphatic heterocycles. The van der Waals surface area contributed by atoms with Crippen molar-refractivity contribution in [3.8, 4) is 5.75 Å². The number of carbonyl (C=O) groups excluding carboxylic acids is 2. The molecule has 1 aromatic carbocycles. The molecule has 0 saturated heterocycles. The van der Waals surface area contributed by atoms with Gasteiger partial charge in [-0.05, 0) is 38.5 Å². The van der Waals surface area contributed by atoms with Gasteiger partial charge in [0.05, 0.1) is 12.2 Å². The number of carbonyl (C=O) groups is 2. The van der Waals surface area contributed by atoms with Gasteiger partial charge in [0.25, 0.3) is 5.91 Å². The molecule has 1 heterocycles. The number of anilines is 1. The molecule has 2 rings (SSSR count). The van der Waals surface area contributed by atoms with Crippen LogP contribution in [0.2, 0.25) is 0 Å². The van der Waals surface area contributed by atoms with Gasteiger partial charge < -0.3 is 14.8 Å². The lowest BCUT2D eigenvalue weighted by atomic mass is 10.1. The molecule has 2 aromatic rings. The minimum absolute atomic E-state index is 0.123. The molecule has 0 unspecified atom stereocenters. The summed E-state index contributed by atoms with van der Waals surface area (Å²) in [6.07, 6.45) is 0. The fraction of sp³-hybridized carbons (Fsp3) is 0.294. The van der Waals surface area contributed by atoms with Gasteiger partial charge in [0.2, 0.25) is 0 Å². The maximum atomic E-state index is 12.1. The van der Waals surface area contributed by atoms with Gasteiger partial charge in [-0.2, -0.15) is 0 Å². The first-order valence-electron chi connectivity index (χ1n) is 7.27. The van der Waals surface area contributed by atoms with E-state index in [0.29, 0.717) is 16.3 Å². The number of benzene rings is 1. The van der Waals surface area contributed by atoms with Gasteiger partial charge in [-0.15, -0.1) is 11.3 Å². The van der Waals surface area contributed by atoms with Crippen LogP contribution in [0.25, 0.3) is 0 Å². The maximum Gasteiger partial charge on any atom is 0.341 e. The molecular weight excluding hydrogens is 314 g/mol. The van der Waals surface area contributed by atoms with Crippen molar-refractivity contribution < 1.29 is 19.1 Å². The van der Waals surface area contributed by atoms with Crippen molar-refractivity contribution in [1.82, 2.24) is 0 Å². The van der Waals surface area contributed by atoms with E-state index < -0.39 is 5.97 Å². The van der Waals surface area contributed by atoms with E-state index in [2.05, 4.69) is 5.32 Å². The highest BCUT2D eigenvalue weighted by atomic mass is 32.1. The Hall–Kier alpha value is -2.34. The second-order valence-electron chi connectivity index (χ2n) is 4.86. The molecule has 122 valence electrons. The van der Waals surface area contributed by atoms with Crippen molar-refractivity contribution in [2.45, 2.75) is 20.8 Å². The van der Waals surface area contributed by atoms with E-state index in [0.717, 1.165) is 10.4 Å². The number of ether oxygens (including phenoxy) is 2. The number of amides is 1. The monoisotopic (exact) mass is 333 g/mol. The van der Waals surface area contributed by atoms with Crippen LogP contribution in [0.4, 0.5) is 5.00 Å². The fourth-order valence-electron chi connectivity index (χ4n) is 1.99. The highest BCUT2D eigenvalue weighted by molar-refractivity contribution is 7.16. The Morgan fingerprint density at radius 3 is 2.52 bits per heavy atom. The van der Waals surface area contributed by atoms with Gasteiger partial charge in [-0.3, -0.25) is 4.79 Å². The average molecular weight is 333 g/mol. The molecule has 0 aliphatic carbocycles. The molecule has 0 fully saturated rings. The number of nitrogens with one attached hydrogen (secondary N) is 1. The predicted molar refractivity (Wildman–Crippen MR) is 90.3 cm³/mol. The van der Waals surface area contributed by atoms with Crippen molar-refractivity contribution in [3.63, 3.8) is 0 Å². The van der Waals surface area contributed by atoms with E-state index in [1.165, 1.54) is 11.3 Å². The molecule has 0 aliphatic rings. The molecule has 0 atom stereocenters. The largest absolute Gasteiger partial charge is 0.484 e. The van der Waals surface area contributed by atoms with Crippen LogP contribution in [0.5, 0.6) is 5.75 Å². The van der Waals surface area contributed by atoms with E-state index in [9.17, 15) is 9.59 Å². The Morgan fingerprint density at radius 2 is 1.87 bits per heavy atom. The maximum absolute atomic E-state index is 12.1. The number of esters is 1. The summed E-state index contributed by atoms with van der Waals surface area (Å²) in [6, 6.07) is 9.08. The highest BCUT2D eigenvalue weighted by Gasteiger charge is 2.22. The molecule has 1 amide bonds. The van der Waals surface area contributed by atoms with E-state index in [1.54, 1.807) is 19.1 Å². The summed E-state index contributed by atoms with van der Waals surface area (Å²) >= 11 is 1.36. The van der Waals surface area contributed by atoms with Crippen LogP contribution in [0.15, 0.2) is 30.3 Å². The minimum atomic E-state index is -0.423. The van der Waals surface area contributed by atoms with Crippen LogP contribution in [0.3, 0.4) is 0 Å². The first-order valence-corrected chi connectivity index (χ1v) is 8.09. The van der Waals surface area contributed by atoms with E-state index in [1.807, 2.05) is 32.0 Å². The first kappa shape index (κ1) is 17.0. The number of thiophene rings is 1. The van der Waals surface area contributed by atoms with Gasteiger partial charge >= 0.3 is 5.97 Å². The third kappa shape index (κ3) is 4.32. The van der Waals surface area contributed by atoms with Crippen molar-refractivity contribution >= 4 is 28.2 Å². The zero-order valence-corrected chi connectivity index (χ0v) is 14.2. The second-order valence-corrected chi connectivity index (χ2v) is 6.08. The molecule has 6 heteroatoms. The number of hydrogen-bond donors (Lipinski definition) is 1. The zero-order chi connectivity index (χ0) is 16.8. The molecule has 23 heavy (non-hydrogen) atoms. The molecule has 0 spiro atoms. The number of aryl methyl sites for hydroxylation is 1. The van der Waals surface area contributed by atoms with Crippen LogP contribution in [-0.4, -0.2) is 25.1 Å². The normalized spacial score (nSPS) is 10.2. The molecular formula is C17H19NO4S. The fourth-order valence-corrected chi connectivity index (χ4v) is 3.06. The van der Waals surface area contributed by atoms with Gasteiger partial charge in [0.1, 0.15) is 10.8 Å². The predicted octanol–water partition coefficient (Wildman–Crippen LogP) is 3.56. The van der Waals surface area contributed by atoms with Crippen LogP contribution in [-0.2, 0) is 9.53 Å². The molecule has 0 bridgehead atoms. The Morgan fingerprint density at radius 1 is 1.17 bits per heavy atom. The van der Waals surface area contributed by atoms with Crippen LogP contribution >= 0.6 is 11.3 Å². The third-order valence-electron chi connectivity index (χ3n) is 3.23.